The van der Waals surface area contributed by atoms with E-state index in [4.69, 9.17) is 11.6 Å². The lowest BCUT2D eigenvalue weighted by atomic mass is 10.1. The molecule has 0 unspecified atom stereocenters. The normalized spacial score (nSPS) is 17.2. The molecule has 0 aliphatic carbocycles. The van der Waals surface area contributed by atoms with Gasteiger partial charge in [0.25, 0.3) is 5.91 Å². The van der Waals surface area contributed by atoms with Gasteiger partial charge in [-0.1, -0.05) is 17.7 Å². The topological polar surface area (TPSA) is 79.4 Å². The first-order chi connectivity index (χ1) is 9.35. The van der Waals surface area contributed by atoms with Gasteiger partial charge in [-0.2, -0.15) is 0 Å². The molecule has 0 bridgehead atoms. The highest BCUT2D eigenvalue weighted by Crippen LogP contribution is 2.14. The number of aromatic nitrogens is 1. The highest BCUT2D eigenvalue weighted by Gasteiger charge is 2.25. The summed E-state index contributed by atoms with van der Waals surface area (Å²) in [6.07, 6.45) is 2.33. The molecule has 0 radical (unpaired) electrons. The number of rotatable bonds is 3. The van der Waals surface area contributed by atoms with Gasteiger partial charge in [0.2, 0.25) is 10.0 Å². The summed E-state index contributed by atoms with van der Waals surface area (Å²) in [4.78, 5) is 17.9. The van der Waals surface area contributed by atoms with Crippen LogP contribution in [0.15, 0.2) is 18.2 Å². The number of carbonyl (C=O) groups is 1. The van der Waals surface area contributed by atoms with E-state index in [1.54, 1.807) is 23.1 Å². The summed E-state index contributed by atoms with van der Waals surface area (Å²) in [6.45, 7) is 1.00. The monoisotopic (exact) mass is 317 g/mol. The Balaban J connectivity index is 1.95. The summed E-state index contributed by atoms with van der Waals surface area (Å²) in [5.74, 6) is -0.176. The summed E-state index contributed by atoms with van der Waals surface area (Å²) < 4.78 is 24.9. The minimum atomic E-state index is -3.20. The zero-order valence-electron chi connectivity index (χ0n) is 11.0. The maximum absolute atomic E-state index is 12.2. The number of nitrogens with one attached hydrogen (secondary N) is 1. The molecule has 0 aromatic carbocycles. The van der Waals surface area contributed by atoms with E-state index in [-0.39, 0.29) is 17.1 Å². The van der Waals surface area contributed by atoms with Gasteiger partial charge < -0.3 is 4.90 Å². The number of sulfonamides is 1. The summed E-state index contributed by atoms with van der Waals surface area (Å²) in [5, 5.41) is 0.282. The molecular weight excluding hydrogens is 302 g/mol. The van der Waals surface area contributed by atoms with Crippen LogP contribution < -0.4 is 4.72 Å². The minimum Gasteiger partial charge on any atom is -0.337 e. The number of piperidine rings is 1. The molecule has 2 heterocycles. The lowest BCUT2D eigenvalue weighted by molar-refractivity contribution is 0.0705. The number of amides is 1. The van der Waals surface area contributed by atoms with Crippen molar-refractivity contribution in [2.45, 2.75) is 18.9 Å². The first-order valence-corrected chi connectivity index (χ1v) is 8.51. The Morgan fingerprint density at radius 2 is 2.05 bits per heavy atom. The van der Waals surface area contributed by atoms with Crippen LogP contribution >= 0.6 is 11.6 Å². The third-order valence-electron chi connectivity index (χ3n) is 3.10. The third-order valence-corrected chi connectivity index (χ3v) is 4.07. The number of pyridine rings is 1. The molecule has 110 valence electrons. The van der Waals surface area contributed by atoms with Crippen molar-refractivity contribution in [1.82, 2.24) is 14.6 Å². The van der Waals surface area contributed by atoms with Crippen LogP contribution in [0.5, 0.6) is 0 Å². The molecule has 0 spiro atoms. The van der Waals surface area contributed by atoms with E-state index in [9.17, 15) is 13.2 Å². The molecule has 0 atom stereocenters. The zero-order chi connectivity index (χ0) is 14.8. The Morgan fingerprint density at radius 3 is 2.60 bits per heavy atom. The minimum absolute atomic E-state index is 0.110. The van der Waals surface area contributed by atoms with E-state index < -0.39 is 10.0 Å². The zero-order valence-corrected chi connectivity index (χ0v) is 12.6. The summed E-state index contributed by atoms with van der Waals surface area (Å²) in [5.41, 5.74) is 0.312. The van der Waals surface area contributed by atoms with E-state index in [1.807, 2.05) is 0 Å². The van der Waals surface area contributed by atoms with Crippen molar-refractivity contribution in [2.75, 3.05) is 19.3 Å². The first kappa shape index (κ1) is 15.2. The van der Waals surface area contributed by atoms with Crippen LogP contribution in [-0.4, -0.2) is 49.6 Å². The Labute approximate surface area is 123 Å². The van der Waals surface area contributed by atoms with Gasteiger partial charge in [0, 0.05) is 19.1 Å². The van der Waals surface area contributed by atoms with Crippen molar-refractivity contribution in [3.63, 3.8) is 0 Å². The van der Waals surface area contributed by atoms with E-state index in [0.29, 0.717) is 31.6 Å². The molecule has 1 aliphatic rings. The van der Waals surface area contributed by atoms with Crippen molar-refractivity contribution in [3.05, 3.63) is 29.0 Å². The molecule has 1 saturated heterocycles. The second-order valence-corrected chi connectivity index (χ2v) is 6.97. The molecular formula is C12H16ClN3O3S. The van der Waals surface area contributed by atoms with E-state index in [0.717, 1.165) is 6.26 Å². The molecule has 6 nitrogen and oxygen atoms in total. The standard InChI is InChI=1S/C12H16ClN3O3S/c1-20(18,19)15-9-5-7-16(8-6-9)12(17)10-3-2-4-11(13)14-10/h2-4,9,15H,5-8H2,1H3. The van der Waals surface area contributed by atoms with Crippen LogP contribution in [-0.2, 0) is 10.0 Å². The van der Waals surface area contributed by atoms with Gasteiger partial charge in [0.05, 0.1) is 6.26 Å². The van der Waals surface area contributed by atoms with Crippen LogP contribution in [0.25, 0.3) is 0 Å². The molecule has 1 aromatic heterocycles. The number of halogens is 1. The van der Waals surface area contributed by atoms with Gasteiger partial charge >= 0.3 is 0 Å². The van der Waals surface area contributed by atoms with Gasteiger partial charge in [0.1, 0.15) is 10.8 Å². The van der Waals surface area contributed by atoms with Crippen molar-refractivity contribution < 1.29 is 13.2 Å². The van der Waals surface area contributed by atoms with Gasteiger partial charge in [-0.05, 0) is 25.0 Å². The van der Waals surface area contributed by atoms with Crippen molar-refractivity contribution >= 4 is 27.5 Å². The van der Waals surface area contributed by atoms with Crippen molar-refractivity contribution in [3.8, 4) is 0 Å². The molecule has 1 fully saturated rings. The average Bonchev–Trinajstić information content (AvgIpc) is 2.37. The van der Waals surface area contributed by atoms with Crippen molar-refractivity contribution in [1.29, 1.82) is 0 Å². The number of likely N-dealkylation sites (tertiary alicyclic amines) is 1. The second-order valence-electron chi connectivity index (χ2n) is 4.80. The van der Waals surface area contributed by atoms with Crippen LogP contribution in [0.2, 0.25) is 5.15 Å². The molecule has 1 aromatic rings. The molecule has 1 amide bonds. The van der Waals surface area contributed by atoms with Gasteiger partial charge in [-0.3, -0.25) is 4.79 Å². The lowest BCUT2D eigenvalue weighted by Gasteiger charge is -2.31. The molecule has 0 saturated carbocycles. The van der Waals surface area contributed by atoms with Gasteiger partial charge in [-0.15, -0.1) is 0 Å². The number of carbonyl (C=O) groups excluding carboxylic acids is 1. The Morgan fingerprint density at radius 1 is 1.40 bits per heavy atom. The smallest absolute Gasteiger partial charge is 0.272 e. The summed E-state index contributed by atoms with van der Waals surface area (Å²) in [6, 6.07) is 4.80. The summed E-state index contributed by atoms with van der Waals surface area (Å²) in [7, 11) is -3.20. The lowest BCUT2D eigenvalue weighted by Crippen LogP contribution is -2.46. The fraction of sp³-hybridized carbons (Fsp3) is 0.500. The Kier molecular flexibility index (Phi) is 4.62. The predicted octanol–water partition coefficient (Wildman–Crippen LogP) is 0.889. The molecule has 1 aliphatic heterocycles. The fourth-order valence-corrected chi connectivity index (χ4v) is 3.20. The highest BCUT2D eigenvalue weighted by atomic mass is 35.5. The predicted molar refractivity (Wildman–Crippen MR) is 76.2 cm³/mol. The fourth-order valence-electron chi connectivity index (χ4n) is 2.19. The van der Waals surface area contributed by atoms with E-state index in [2.05, 4.69) is 9.71 Å². The van der Waals surface area contributed by atoms with Crippen LogP contribution in [0.1, 0.15) is 23.3 Å². The molecule has 2 rings (SSSR count). The highest BCUT2D eigenvalue weighted by molar-refractivity contribution is 7.88. The molecule has 1 N–H and O–H groups in total. The average molecular weight is 318 g/mol. The molecule has 8 heteroatoms. The number of hydrogen-bond donors (Lipinski definition) is 1. The number of hydrogen-bond acceptors (Lipinski definition) is 4. The van der Waals surface area contributed by atoms with Crippen LogP contribution in [0.3, 0.4) is 0 Å². The second kappa shape index (κ2) is 6.07. The third kappa shape index (κ3) is 4.16. The van der Waals surface area contributed by atoms with Crippen LogP contribution in [0.4, 0.5) is 0 Å². The van der Waals surface area contributed by atoms with Crippen molar-refractivity contribution in [2.24, 2.45) is 0 Å². The van der Waals surface area contributed by atoms with Crippen LogP contribution in [0, 0.1) is 0 Å². The number of nitrogens with zero attached hydrogens (tertiary/aromatic N) is 2. The summed E-state index contributed by atoms with van der Waals surface area (Å²) >= 11 is 5.77. The SMILES string of the molecule is CS(=O)(=O)NC1CCN(C(=O)c2cccc(Cl)n2)CC1. The molecule has 20 heavy (non-hydrogen) atoms. The van der Waals surface area contributed by atoms with Gasteiger partial charge in [0.15, 0.2) is 0 Å². The maximum Gasteiger partial charge on any atom is 0.272 e. The van der Waals surface area contributed by atoms with E-state index in [1.165, 1.54) is 0 Å². The largest absolute Gasteiger partial charge is 0.337 e. The van der Waals surface area contributed by atoms with E-state index >= 15 is 0 Å². The Hall–Kier alpha value is -1.18. The Bertz CT molecular complexity index is 598. The first-order valence-electron chi connectivity index (χ1n) is 6.24. The maximum atomic E-state index is 12.2. The quantitative estimate of drug-likeness (QED) is 0.840. The van der Waals surface area contributed by atoms with Gasteiger partial charge in [-0.25, -0.2) is 18.1 Å².